The minimum atomic E-state index is -0.309. The lowest BCUT2D eigenvalue weighted by atomic mass is 9.45. The number of hydrogen-bond donors (Lipinski definition) is 1. The van der Waals surface area contributed by atoms with Crippen molar-refractivity contribution in [1.82, 2.24) is 9.55 Å². The zero-order chi connectivity index (χ0) is 18.2. The maximum absolute atomic E-state index is 11.5. The van der Waals surface area contributed by atoms with Crippen molar-refractivity contribution >= 4 is 0 Å². The molecule has 138 valence electrons. The molecule has 2 aromatic rings. The number of aromatic nitrogens is 2. The molecule has 2 heterocycles. The molecule has 0 spiro atoms. The molecule has 7 rings (SSSR count). The largest absolute Gasteiger partial charge is 0.392 e. The van der Waals surface area contributed by atoms with Crippen molar-refractivity contribution in [2.24, 2.45) is 29.1 Å². The van der Waals surface area contributed by atoms with Crippen molar-refractivity contribution in [1.29, 1.82) is 5.26 Å². The molecule has 4 atom stereocenters. The van der Waals surface area contributed by atoms with Gasteiger partial charge in [-0.2, -0.15) is 5.26 Å². The summed E-state index contributed by atoms with van der Waals surface area (Å²) in [6.07, 6.45) is 9.97. The maximum atomic E-state index is 11.5. The summed E-state index contributed by atoms with van der Waals surface area (Å²) in [6, 6.07) is 11.3. The lowest BCUT2D eigenvalue weighted by Gasteiger charge is -2.60. The fourth-order valence-electron chi connectivity index (χ4n) is 7.34. The van der Waals surface area contributed by atoms with Crippen LogP contribution in [-0.2, 0) is 0 Å². The third-order valence-corrected chi connectivity index (χ3v) is 8.22. The molecule has 27 heavy (non-hydrogen) atoms. The molecule has 4 saturated carbocycles. The van der Waals surface area contributed by atoms with Gasteiger partial charge in [-0.25, -0.2) is 4.98 Å². The summed E-state index contributed by atoms with van der Waals surface area (Å²) in [7, 11) is 0. The average Bonchev–Trinajstić information content (AvgIpc) is 3.24. The molecule has 0 saturated heterocycles. The highest BCUT2D eigenvalue weighted by Gasteiger charge is 2.58. The Bertz CT molecular complexity index is 925. The first-order valence-electron chi connectivity index (χ1n) is 10.4. The third-order valence-electron chi connectivity index (χ3n) is 8.22. The number of fused-ring (bicyclic) bond motifs is 3. The Morgan fingerprint density at radius 1 is 1.22 bits per heavy atom. The number of rotatable bonds is 3. The van der Waals surface area contributed by atoms with Gasteiger partial charge in [-0.3, -0.25) is 0 Å². The van der Waals surface area contributed by atoms with Gasteiger partial charge >= 0.3 is 0 Å². The van der Waals surface area contributed by atoms with Crippen molar-refractivity contribution in [2.75, 3.05) is 0 Å². The van der Waals surface area contributed by atoms with E-state index in [0.717, 1.165) is 37.3 Å². The lowest BCUT2D eigenvalue weighted by Crippen LogP contribution is -2.55. The molecule has 4 heteroatoms. The molecule has 4 aliphatic carbocycles. The monoisotopic (exact) mass is 359 g/mol. The van der Waals surface area contributed by atoms with Crippen LogP contribution in [0.4, 0.5) is 0 Å². The Labute approximate surface area is 159 Å². The van der Waals surface area contributed by atoms with Gasteiger partial charge < -0.3 is 9.67 Å². The number of nitrogens with zero attached hydrogens (tertiary/aromatic N) is 3. The highest BCUT2D eigenvalue weighted by molar-refractivity contribution is 5.68. The van der Waals surface area contributed by atoms with Crippen LogP contribution in [0.1, 0.15) is 50.1 Å². The van der Waals surface area contributed by atoms with E-state index < -0.39 is 0 Å². The molecule has 4 fully saturated rings. The van der Waals surface area contributed by atoms with E-state index in [2.05, 4.69) is 39.9 Å². The van der Waals surface area contributed by atoms with Gasteiger partial charge in [0, 0.05) is 5.56 Å². The predicted octanol–water partition coefficient (Wildman–Crippen LogP) is 4.17. The highest BCUT2D eigenvalue weighted by Crippen LogP contribution is 2.64. The van der Waals surface area contributed by atoms with Crippen LogP contribution in [0.2, 0.25) is 0 Å². The van der Waals surface area contributed by atoms with E-state index in [0.29, 0.717) is 11.8 Å². The summed E-state index contributed by atoms with van der Waals surface area (Å²) >= 11 is 0. The van der Waals surface area contributed by atoms with Crippen LogP contribution < -0.4 is 0 Å². The lowest BCUT2D eigenvalue weighted by molar-refractivity contribution is -0.139. The van der Waals surface area contributed by atoms with E-state index in [9.17, 15) is 10.4 Å². The maximum Gasteiger partial charge on any atom is 0.0956 e. The molecule has 4 nitrogen and oxygen atoms in total. The predicted molar refractivity (Wildman–Crippen MR) is 102 cm³/mol. The number of imidazole rings is 1. The van der Waals surface area contributed by atoms with Crippen LogP contribution in [0.3, 0.4) is 0 Å². The van der Waals surface area contributed by atoms with Gasteiger partial charge in [0.15, 0.2) is 0 Å². The van der Waals surface area contributed by atoms with E-state index >= 15 is 0 Å². The number of hydrogen-bond acceptors (Lipinski definition) is 3. The van der Waals surface area contributed by atoms with E-state index in [-0.39, 0.29) is 23.5 Å². The molecule has 0 amide bonds. The third kappa shape index (κ3) is 2.09. The zero-order valence-corrected chi connectivity index (χ0v) is 15.5. The first-order chi connectivity index (χ1) is 13.2. The SMILES string of the molecule is N#CC1C2CC3CC1CC(C(O)CC1c4ccccc4-c4cncn41)(C3)C2. The average molecular weight is 359 g/mol. The van der Waals surface area contributed by atoms with Crippen molar-refractivity contribution in [3.63, 3.8) is 0 Å². The molecule has 4 bridgehead atoms. The fourth-order valence-corrected chi connectivity index (χ4v) is 7.34. The Hall–Kier alpha value is -2.12. The molecule has 0 radical (unpaired) electrons. The first-order valence-corrected chi connectivity index (χ1v) is 10.4. The minimum absolute atomic E-state index is 0.0299. The Balaban J connectivity index is 1.32. The van der Waals surface area contributed by atoms with Crippen LogP contribution >= 0.6 is 0 Å². The van der Waals surface area contributed by atoms with Gasteiger partial charge in [-0.1, -0.05) is 24.3 Å². The first kappa shape index (κ1) is 15.9. The Kier molecular flexibility index (Phi) is 3.21. The van der Waals surface area contributed by atoms with Crippen molar-refractivity contribution in [3.05, 3.63) is 42.4 Å². The smallest absolute Gasteiger partial charge is 0.0956 e. The van der Waals surface area contributed by atoms with Crippen LogP contribution in [0, 0.1) is 40.4 Å². The molecule has 1 aromatic carbocycles. The fraction of sp³-hybridized carbons (Fsp3) is 0.565. The minimum Gasteiger partial charge on any atom is -0.392 e. The van der Waals surface area contributed by atoms with Crippen LogP contribution in [-0.4, -0.2) is 20.8 Å². The molecule has 4 unspecified atom stereocenters. The number of aliphatic hydroxyl groups excluding tert-OH is 1. The molecular formula is C23H25N3O. The van der Waals surface area contributed by atoms with E-state index in [1.165, 1.54) is 24.0 Å². The molecule has 5 aliphatic rings. The zero-order valence-electron chi connectivity index (χ0n) is 15.5. The summed E-state index contributed by atoms with van der Waals surface area (Å²) in [4.78, 5) is 4.36. The van der Waals surface area contributed by atoms with E-state index in [1.54, 1.807) is 0 Å². The molecular weight excluding hydrogens is 334 g/mol. The van der Waals surface area contributed by atoms with Crippen LogP contribution in [0.15, 0.2) is 36.8 Å². The summed E-state index contributed by atoms with van der Waals surface area (Å²) in [6.45, 7) is 0. The van der Waals surface area contributed by atoms with Gasteiger partial charge in [0.2, 0.25) is 0 Å². The summed E-state index contributed by atoms with van der Waals surface area (Å²) in [5.74, 6) is 1.97. The van der Waals surface area contributed by atoms with E-state index in [4.69, 9.17) is 0 Å². The summed E-state index contributed by atoms with van der Waals surface area (Å²) in [5.41, 5.74) is 3.76. The number of benzene rings is 1. The van der Waals surface area contributed by atoms with Gasteiger partial charge in [0.1, 0.15) is 0 Å². The van der Waals surface area contributed by atoms with Gasteiger partial charge in [0.25, 0.3) is 0 Å². The van der Waals surface area contributed by atoms with Gasteiger partial charge in [-0.05, 0) is 67.3 Å². The Morgan fingerprint density at radius 3 is 2.78 bits per heavy atom. The van der Waals surface area contributed by atoms with Crippen molar-refractivity contribution in [3.8, 4) is 17.3 Å². The second-order valence-electron chi connectivity index (χ2n) is 9.53. The van der Waals surface area contributed by atoms with Crippen molar-refractivity contribution < 1.29 is 5.11 Å². The topological polar surface area (TPSA) is 61.8 Å². The molecule has 1 aromatic heterocycles. The van der Waals surface area contributed by atoms with Gasteiger partial charge in [0.05, 0.1) is 42.4 Å². The Morgan fingerprint density at radius 2 is 2.00 bits per heavy atom. The van der Waals surface area contributed by atoms with Gasteiger partial charge in [-0.15, -0.1) is 0 Å². The van der Waals surface area contributed by atoms with Crippen LogP contribution in [0.5, 0.6) is 0 Å². The highest BCUT2D eigenvalue weighted by atomic mass is 16.3. The summed E-state index contributed by atoms with van der Waals surface area (Å²) < 4.78 is 2.24. The van der Waals surface area contributed by atoms with Crippen molar-refractivity contribution in [2.45, 2.75) is 50.7 Å². The van der Waals surface area contributed by atoms with E-state index in [1.807, 2.05) is 12.5 Å². The molecule has 1 aliphatic heterocycles. The number of aliphatic hydroxyl groups is 1. The standard InChI is InChI=1S/C23H25N3O/c24-11-19-15-5-14-6-16(19)10-23(8-14,9-15)22(27)7-20-17-3-1-2-4-18(17)21-12-25-13-26(20)21/h1-4,12-16,19-20,22,27H,5-10H2. The second-order valence-corrected chi connectivity index (χ2v) is 9.53. The van der Waals surface area contributed by atoms with Crippen LogP contribution in [0.25, 0.3) is 11.3 Å². The normalized spacial score (nSPS) is 39.0. The molecule has 1 N–H and O–H groups in total. The number of nitriles is 1. The second kappa shape index (κ2) is 5.45. The summed E-state index contributed by atoms with van der Waals surface area (Å²) in [5, 5.41) is 21.1. The quantitative estimate of drug-likeness (QED) is 0.895.